The molecule has 0 saturated carbocycles. The maximum Gasteiger partial charge on any atom is 0.136 e. The second-order valence-corrected chi connectivity index (χ2v) is 5.77. The third-order valence-corrected chi connectivity index (χ3v) is 4.23. The molecule has 0 fully saturated rings. The number of aromatic nitrogens is 2. The molecule has 0 unspecified atom stereocenters. The molecule has 0 aliphatic rings. The molecule has 2 aromatic carbocycles. The number of rotatable bonds is 2. The summed E-state index contributed by atoms with van der Waals surface area (Å²) in [6.45, 7) is 2.08. The Kier molecular flexibility index (Phi) is 3.36. The Balaban J connectivity index is 2.03. The number of aromatic amines is 1. The Morgan fingerprint density at radius 3 is 2.58 bits per heavy atom. The van der Waals surface area contributed by atoms with Crippen LogP contribution in [0.15, 0.2) is 58.5 Å². The topological polar surface area (TPSA) is 28.7 Å². The van der Waals surface area contributed by atoms with Crippen LogP contribution < -0.4 is 0 Å². The smallest absolute Gasteiger partial charge is 0.136 e. The van der Waals surface area contributed by atoms with Crippen LogP contribution in [0.1, 0.15) is 5.56 Å². The van der Waals surface area contributed by atoms with Crippen LogP contribution in [0.5, 0.6) is 0 Å². The zero-order valence-corrected chi connectivity index (χ0v) is 12.0. The fourth-order valence-electron chi connectivity index (χ4n) is 1.80. The van der Waals surface area contributed by atoms with E-state index >= 15 is 0 Å². The van der Waals surface area contributed by atoms with Gasteiger partial charge in [0.2, 0.25) is 0 Å². The average molecular weight is 284 g/mol. The zero-order chi connectivity index (χ0) is 13.2. The molecule has 0 aliphatic carbocycles. The molecule has 0 saturated heterocycles. The fourth-order valence-corrected chi connectivity index (χ4v) is 2.86. The lowest BCUT2D eigenvalue weighted by Gasteiger charge is -2.04. The first-order valence-electron chi connectivity index (χ1n) is 5.96. The molecule has 19 heavy (non-hydrogen) atoms. The Bertz CT molecular complexity index is 776. The van der Waals surface area contributed by atoms with E-state index in [1.54, 1.807) is 11.8 Å². The molecule has 3 rings (SSSR count). The summed E-state index contributed by atoms with van der Waals surface area (Å²) in [4.78, 5) is 8.99. The lowest BCUT2D eigenvalue weighted by atomic mass is 10.2. The van der Waals surface area contributed by atoms with Gasteiger partial charge in [0.05, 0.1) is 11.0 Å². The Morgan fingerprint density at radius 2 is 1.79 bits per heavy atom. The van der Waals surface area contributed by atoms with E-state index in [1.807, 2.05) is 24.3 Å². The van der Waals surface area contributed by atoms with E-state index in [1.165, 1.54) is 5.56 Å². The molecular weight excluding hydrogens is 272 g/mol. The Morgan fingerprint density at radius 1 is 1.05 bits per heavy atom. The molecule has 1 heterocycles. The number of hydrogen-bond donors (Lipinski definition) is 1. The van der Waals surface area contributed by atoms with Crippen molar-refractivity contribution in [2.45, 2.75) is 16.8 Å². The monoisotopic (exact) mass is 284 g/mol. The number of benzene rings is 2. The zero-order valence-electron chi connectivity index (χ0n) is 10.4. The molecule has 0 aliphatic heterocycles. The largest absolute Gasteiger partial charge is 0.343 e. The third kappa shape index (κ3) is 2.69. The molecule has 2 nitrogen and oxygen atoms in total. The maximum absolute atomic E-state index is 5.37. The van der Waals surface area contributed by atoms with Gasteiger partial charge < -0.3 is 4.98 Å². The molecule has 0 amide bonds. The average Bonchev–Trinajstić information content (AvgIpc) is 2.42. The second kappa shape index (κ2) is 5.15. The van der Waals surface area contributed by atoms with Crippen molar-refractivity contribution >= 4 is 35.0 Å². The highest BCUT2D eigenvalue weighted by Crippen LogP contribution is 2.27. The van der Waals surface area contributed by atoms with Crippen molar-refractivity contribution < 1.29 is 0 Å². The molecule has 0 bridgehead atoms. The Labute approximate surface area is 120 Å². The van der Waals surface area contributed by atoms with Crippen LogP contribution in [-0.4, -0.2) is 9.97 Å². The van der Waals surface area contributed by atoms with Crippen LogP contribution in [0.4, 0.5) is 0 Å². The van der Waals surface area contributed by atoms with Gasteiger partial charge in [-0.3, -0.25) is 0 Å². The number of para-hydroxylation sites is 2. The van der Waals surface area contributed by atoms with Gasteiger partial charge in [0.15, 0.2) is 0 Å². The lowest BCUT2D eigenvalue weighted by molar-refractivity contribution is 1.10. The van der Waals surface area contributed by atoms with Crippen LogP contribution in [0.3, 0.4) is 0 Å². The van der Waals surface area contributed by atoms with E-state index in [-0.39, 0.29) is 0 Å². The van der Waals surface area contributed by atoms with Gasteiger partial charge in [-0.1, -0.05) is 53.8 Å². The summed E-state index contributed by atoms with van der Waals surface area (Å²) in [7, 11) is 0. The highest BCUT2D eigenvalue weighted by molar-refractivity contribution is 7.99. The quantitative estimate of drug-likeness (QED) is 0.688. The molecular formula is C15H12N2S2. The van der Waals surface area contributed by atoms with E-state index < -0.39 is 0 Å². The minimum Gasteiger partial charge on any atom is -0.343 e. The van der Waals surface area contributed by atoms with Crippen molar-refractivity contribution in [3.63, 3.8) is 0 Å². The van der Waals surface area contributed by atoms with Gasteiger partial charge in [-0.15, -0.1) is 0 Å². The molecule has 0 radical (unpaired) electrons. The van der Waals surface area contributed by atoms with Crippen LogP contribution in [0.2, 0.25) is 0 Å². The predicted molar refractivity (Wildman–Crippen MR) is 82.2 cm³/mol. The maximum atomic E-state index is 5.37. The number of hydrogen-bond acceptors (Lipinski definition) is 3. The van der Waals surface area contributed by atoms with E-state index in [0.717, 1.165) is 21.0 Å². The van der Waals surface area contributed by atoms with E-state index in [9.17, 15) is 0 Å². The van der Waals surface area contributed by atoms with Crippen molar-refractivity contribution in [1.29, 1.82) is 0 Å². The van der Waals surface area contributed by atoms with Crippen molar-refractivity contribution in [3.8, 4) is 0 Å². The molecule has 94 valence electrons. The standard InChI is InChI=1S/C15H12N2S2/c1-10-6-8-11(9-7-10)19-15-14(18)16-12-4-2-3-5-13(12)17-15/h2-9H,1H3,(H,16,18). The second-order valence-electron chi connectivity index (χ2n) is 4.30. The number of H-pyrrole nitrogens is 1. The van der Waals surface area contributed by atoms with Crippen LogP contribution in [0.25, 0.3) is 11.0 Å². The summed E-state index contributed by atoms with van der Waals surface area (Å²) in [5.74, 6) is 0. The number of fused-ring (bicyclic) bond motifs is 1. The summed E-state index contributed by atoms with van der Waals surface area (Å²) < 4.78 is 0.685. The van der Waals surface area contributed by atoms with Crippen molar-refractivity contribution in [3.05, 3.63) is 58.7 Å². The lowest BCUT2D eigenvalue weighted by Crippen LogP contribution is -1.88. The van der Waals surface area contributed by atoms with Crippen molar-refractivity contribution in [2.75, 3.05) is 0 Å². The number of nitrogens with zero attached hydrogens (tertiary/aromatic N) is 1. The molecule has 1 N–H and O–H groups in total. The first kappa shape index (κ1) is 12.4. The van der Waals surface area contributed by atoms with Gasteiger partial charge in [0, 0.05) is 4.90 Å². The van der Waals surface area contributed by atoms with Crippen molar-refractivity contribution in [1.82, 2.24) is 9.97 Å². The first-order chi connectivity index (χ1) is 9.22. The summed E-state index contributed by atoms with van der Waals surface area (Å²) >= 11 is 6.96. The number of aryl methyl sites for hydroxylation is 1. The summed E-state index contributed by atoms with van der Waals surface area (Å²) in [6, 6.07) is 16.3. The van der Waals surface area contributed by atoms with E-state index in [2.05, 4.69) is 41.2 Å². The summed E-state index contributed by atoms with van der Waals surface area (Å²) in [5, 5.41) is 0.845. The van der Waals surface area contributed by atoms with Gasteiger partial charge in [0.1, 0.15) is 9.67 Å². The van der Waals surface area contributed by atoms with Crippen molar-refractivity contribution in [2.24, 2.45) is 0 Å². The first-order valence-corrected chi connectivity index (χ1v) is 7.18. The number of nitrogens with one attached hydrogen (secondary N) is 1. The molecule has 4 heteroatoms. The minimum atomic E-state index is 0.685. The normalized spacial score (nSPS) is 10.8. The predicted octanol–water partition coefficient (Wildman–Crippen LogP) is 4.75. The van der Waals surface area contributed by atoms with Crippen LogP contribution in [0, 0.1) is 11.6 Å². The third-order valence-electron chi connectivity index (χ3n) is 2.80. The Hall–Kier alpha value is -1.65. The SMILES string of the molecule is Cc1ccc(Sc2nc3ccccc3[nH]c2=S)cc1. The van der Waals surface area contributed by atoms with Gasteiger partial charge in [-0.25, -0.2) is 4.98 Å². The van der Waals surface area contributed by atoms with E-state index in [0.29, 0.717) is 4.64 Å². The fraction of sp³-hybridized carbons (Fsp3) is 0.0667. The van der Waals surface area contributed by atoms with Gasteiger partial charge >= 0.3 is 0 Å². The summed E-state index contributed by atoms with van der Waals surface area (Å²) in [6.07, 6.45) is 0. The highest BCUT2D eigenvalue weighted by atomic mass is 32.2. The van der Waals surface area contributed by atoms with Gasteiger partial charge in [-0.2, -0.15) is 0 Å². The minimum absolute atomic E-state index is 0.685. The molecule has 1 aromatic heterocycles. The molecule has 0 atom stereocenters. The van der Waals surface area contributed by atoms with E-state index in [4.69, 9.17) is 12.2 Å². The highest BCUT2D eigenvalue weighted by Gasteiger charge is 2.04. The molecule has 3 aromatic rings. The summed E-state index contributed by atoms with van der Waals surface area (Å²) in [5.41, 5.74) is 3.16. The van der Waals surface area contributed by atoms with Gasteiger partial charge in [0.25, 0.3) is 0 Å². The van der Waals surface area contributed by atoms with Crippen LogP contribution >= 0.6 is 24.0 Å². The molecule has 0 spiro atoms. The van der Waals surface area contributed by atoms with Crippen LogP contribution in [-0.2, 0) is 0 Å². The van der Waals surface area contributed by atoms with Gasteiger partial charge in [-0.05, 0) is 31.2 Å².